The Balaban J connectivity index is 1.49. The summed E-state index contributed by atoms with van der Waals surface area (Å²) in [4.78, 5) is 69.8. The molecule has 2 aliphatic rings. The third kappa shape index (κ3) is 27.3. The van der Waals surface area contributed by atoms with Gasteiger partial charge in [-0.1, -0.05) is 13.8 Å². The van der Waals surface area contributed by atoms with E-state index in [1.54, 1.807) is 27.7 Å². The fourth-order valence-corrected chi connectivity index (χ4v) is 11.9. The minimum atomic E-state index is -4.63. The molecular weight excluding hydrogens is 1060 g/mol. The molecular formula is C30H65O28P7S. The zero-order chi connectivity index (χ0) is 49.9. The van der Waals surface area contributed by atoms with Crippen LogP contribution in [-0.2, 0) is 103 Å². The third-order valence-corrected chi connectivity index (χ3v) is 19.1. The molecule has 0 bridgehead atoms. The molecule has 0 aromatic heterocycles. The van der Waals surface area contributed by atoms with Crippen molar-refractivity contribution in [3.8, 4) is 0 Å². The van der Waals surface area contributed by atoms with E-state index in [4.69, 9.17) is 75.6 Å². The van der Waals surface area contributed by atoms with E-state index < -0.39 is 137 Å². The lowest BCUT2D eigenvalue weighted by Gasteiger charge is -2.26. The van der Waals surface area contributed by atoms with Crippen molar-refractivity contribution in [2.75, 3.05) is 79.3 Å². The molecule has 0 aliphatic carbocycles. The van der Waals surface area contributed by atoms with Gasteiger partial charge in [0.25, 0.3) is 0 Å². The second kappa shape index (κ2) is 29.7. The highest BCUT2D eigenvalue weighted by Gasteiger charge is 2.46. The molecule has 2 saturated heterocycles. The summed E-state index contributed by atoms with van der Waals surface area (Å²) in [5, 5.41) is 9.80. The van der Waals surface area contributed by atoms with Crippen LogP contribution in [0.25, 0.3) is 0 Å². The molecule has 2 aliphatic heterocycles. The van der Waals surface area contributed by atoms with Gasteiger partial charge in [0.15, 0.2) is 6.49 Å². The van der Waals surface area contributed by atoms with Crippen LogP contribution in [0.4, 0.5) is 0 Å². The lowest BCUT2D eigenvalue weighted by molar-refractivity contribution is -0.0192. The Morgan fingerprint density at radius 1 is 0.470 bits per heavy atom. The van der Waals surface area contributed by atoms with E-state index in [-0.39, 0.29) is 76.2 Å². The van der Waals surface area contributed by atoms with Crippen LogP contribution in [0, 0.1) is 0 Å². The normalized spacial score (nSPS) is 27.9. The summed E-state index contributed by atoms with van der Waals surface area (Å²) in [7, 11) is -27.2. The van der Waals surface area contributed by atoms with Crippen molar-refractivity contribution in [2.24, 2.45) is 0 Å². The summed E-state index contributed by atoms with van der Waals surface area (Å²) in [6.07, 6.45) is -3.30. The Morgan fingerprint density at radius 3 is 1.08 bits per heavy atom. The molecule has 0 aromatic carbocycles. The highest BCUT2D eigenvalue weighted by Crippen LogP contribution is 2.56. The Morgan fingerprint density at radius 2 is 0.758 bits per heavy atom. The minimum absolute atomic E-state index is 0.0801. The summed E-state index contributed by atoms with van der Waals surface area (Å²) in [5.41, 5.74) is -1.29. The first-order chi connectivity index (χ1) is 30.5. The zero-order valence-corrected chi connectivity index (χ0v) is 43.8. The number of hydrogen-bond donors (Lipinski definition) is 8. The predicted molar refractivity (Wildman–Crippen MR) is 233 cm³/mol. The van der Waals surface area contributed by atoms with Crippen LogP contribution >= 0.6 is 53.2 Å². The molecule has 0 aromatic rings. The van der Waals surface area contributed by atoms with E-state index in [9.17, 15) is 66.8 Å². The maximum absolute atomic E-state index is 13.0. The van der Waals surface area contributed by atoms with Gasteiger partial charge in [-0.2, -0.15) is 0 Å². The lowest BCUT2D eigenvalue weighted by atomic mass is 10.1. The predicted octanol–water partition coefficient (Wildman–Crippen LogP) is 4.62. The Bertz CT molecular complexity index is 1780. The molecule has 2 heterocycles. The second-order valence-electron chi connectivity index (χ2n) is 14.8. The lowest BCUT2D eigenvalue weighted by Crippen LogP contribution is -2.28. The average Bonchev–Trinajstić information content (AvgIpc) is 3.74. The number of phosphoric ester groups is 5. The summed E-state index contributed by atoms with van der Waals surface area (Å²) in [6.45, 7) is -1.21. The van der Waals surface area contributed by atoms with Crippen molar-refractivity contribution in [1.82, 2.24) is 0 Å². The topological polar surface area (TPSA) is 393 Å². The Hall–Kier alpha value is 1.15. The van der Waals surface area contributed by atoms with Gasteiger partial charge in [0.2, 0.25) is 0 Å². The van der Waals surface area contributed by atoms with Crippen LogP contribution < -0.4 is 0 Å². The van der Waals surface area contributed by atoms with Crippen LogP contribution in [-0.4, -0.2) is 160 Å². The van der Waals surface area contributed by atoms with Crippen molar-refractivity contribution in [1.29, 1.82) is 0 Å². The fourth-order valence-electron chi connectivity index (χ4n) is 5.41. The summed E-state index contributed by atoms with van der Waals surface area (Å²) in [6, 6.07) is 0. The highest BCUT2D eigenvalue weighted by atomic mass is 32.5. The van der Waals surface area contributed by atoms with Gasteiger partial charge in [0, 0.05) is 12.1 Å². The first-order valence-corrected chi connectivity index (χ1v) is 32.3. The standard InChI is InChI=1S/C30H65O28P7S/c1-24(2)60(34,66)55-23-29-30(21-26(4)58-29)59(32,33)45-10-5-11-46-61(35,36)47-12-6-13-48-62(37,38)49-14-7-15-50-63(39,40)51-16-8-17-52-64(41,42)53-18-9-19-54-65(43,44)56-22-28-27(31)20-25(3)57-28/h24-31H,5-23H2,1-4H3,(H,32,33)(H,34,66)(H,35,36)(H,37,38)(H,39,40)(H,41,42)(H,43,44)/t25-,26?,27?,28+,29?,30?,60?/m1/s1. The average molecular weight is 1120 g/mol. The molecule has 8 N–H and O–H groups in total. The van der Waals surface area contributed by atoms with Crippen molar-refractivity contribution in [3.05, 3.63) is 0 Å². The van der Waals surface area contributed by atoms with E-state index >= 15 is 0 Å². The number of phosphoric acid groups is 5. The van der Waals surface area contributed by atoms with Gasteiger partial charge >= 0.3 is 46.7 Å². The molecule has 13 atom stereocenters. The molecule has 0 amide bonds. The minimum Gasteiger partial charge on any atom is -0.390 e. The summed E-state index contributed by atoms with van der Waals surface area (Å²) >= 11 is 5.10. The van der Waals surface area contributed by atoms with Crippen LogP contribution in [0.3, 0.4) is 0 Å². The molecule has 394 valence electrons. The highest BCUT2D eigenvalue weighted by molar-refractivity contribution is 8.09. The Kier molecular flexibility index (Phi) is 28.5. The smallest absolute Gasteiger partial charge is 0.390 e. The maximum Gasteiger partial charge on any atom is 0.472 e. The third-order valence-electron chi connectivity index (χ3n) is 8.73. The van der Waals surface area contributed by atoms with Crippen molar-refractivity contribution >= 4 is 65.0 Å². The maximum atomic E-state index is 13.0. The molecule has 0 saturated carbocycles. The fraction of sp³-hybridized carbons (Fsp3) is 1.00. The van der Waals surface area contributed by atoms with Gasteiger partial charge in [-0.25, -0.2) is 22.8 Å². The number of rotatable bonds is 38. The van der Waals surface area contributed by atoms with Gasteiger partial charge in [-0.3, -0.25) is 49.8 Å². The molecule has 2 fully saturated rings. The molecule has 66 heavy (non-hydrogen) atoms. The number of hydrogen-bond acceptors (Lipinski definition) is 22. The van der Waals surface area contributed by atoms with E-state index in [2.05, 4.69) is 0 Å². The van der Waals surface area contributed by atoms with Crippen molar-refractivity contribution in [3.63, 3.8) is 0 Å². The first kappa shape index (κ1) is 63.3. The van der Waals surface area contributed by atoms with Crippen LogP contribution in [0.5, 0.6) is 0 Å². The van der Waals surface area contributed by atoms with E-state index in [0.29, 0.717) is 6.42 Å². The summed E-state index contributed by atoms with van der Waals surface area (Å²) in [5.74, 6) is 0. The molecule has 0 radical (unpaired) electrons. The van der Waals surface area contributed by atoms with Gasteiger partial charge < -0.3 is 57.9 Å². The molecule has 11 unspecified atom stereocenters. The van der Waals surface area contributed by atoms with E-state index in [1.165, 1.54) is 0 Å². The molecule has 28 nitrogen and oxygen atoms in total. The quantitative estimate of drug-likeness (QED) is 0.0309. The molecule has 0 spiro atoms. The van der Waals surface area contributed by atoms with E-state index in [1.807, 2.05) is 0 Å². The van der Waals surface area contributed by atoms with Crippen LogP contribution in [0.15, 0.2) is 0 Å². The molecule has 2 rings (SSSR count). The van der Waals surface area contributed by atoms with Crippen molar-refractivity contribution < 1.29 is 131 Å². The SMILES string of the molecule is CC1CC(P(=O)(O)OCCCOP(=O)(O)OCCCOP(=O)(O)OCCCOP(=O)(O)OCCCOP(=O)(O)OCCCOP(=O)(O)OC[C@@H]2O[C@H](C)CC2O)C(COP(O)(=S)C(C)C)O1. The number of aliphatic hydroxyl groups excluding tert-OH is 1. The number of ether oxygens (including phenoxy) is 2. The van der Waals surface area contributed by atoms with Gasteiger partial charge in [0.1, 0.15) is 6.10 Å². The Labute approximate surface area is 388 Å². The van der Waals surface area contributed by atoms with Crippen LogP contribution in [0.2, 0.25) is 0 Å². The molecule has 36 heteroatoms. The zero-order valence-electron chi connectivity index (χ0n) is 36.8. The van der Waals surface area contributed by atoms with Gasteiger partial charge in [-0.05, 0) is 64.2 Å². The summed E-state index contributed by atoms with van der Waals surface area (Å²) < 4.78 is 142. The second-order valence-corrected chi connectivity index (χ2v) is 28.1. The largest absolute Gasteiger partial charge is 0.472 e. The van der Waals surface area contributed by atoms with Gasteiger partial charge in [-0.15, -0.1) is 0 Å². The van der Waals surface area contributed by atoms with Crippen LogP contribution in [0.1, 0.15) is 72.6 Å². The van der Waals surface area contributed by atoms with Crippen molar-refractivity contribution in [2.45, 2.75) is 114 Å². The van der Waals surface area contributed by atoms with Gasteiger partial charge in [0.05, 0.1) is 109 Å². The first-order valence-electron chi connectivity index (χ1n) is 20.5. The monoisotopic (exact) mass is 1120 g/mol. The van der Waals surface area contributed by atoms with E-state index in [0.717, 1.165) is 0 Å². The number of aliphatic hydroxyl groups is 1.